The quantitative estimate of drug-likeness (QED) is 0.772. The average molecular weight is 389 g/mol. The standard InChI is InChI=1S/C20H28N4O2S/c1-20(2,3)18(26)24-12-6-7-14(13-24)17(25)21-10-11-22-19-23-15-8-4-5-9-16(15)27-19/h4-5,8-9,14H,6-7,10-13H2,1-3H3,(H,21,25)(H,22,23). The van der Waals surface area contributed by atoms with Gasteiger partial charge in [-0.1, -0.05) is 44.2 Å². The first-order chi connectivity index (χ1) is 12.8. The molecule has 0 saturated carbocycles. The van der Waals surface area contributed by atoms with Gasteiger partial charge in [-0.15, -0.1) is 0 Å². The third-order valence-corrected chi connectivity index (χ3v) is 5.71. The Morgan fingerprint density at radius 3 is 2.78 bits per heavy atom. The number of nitrogens with zero attached hydrogens (tertiary/aromatic N) is 2. The molecule has 0 radical (unpaired) electrons. The van der Waals surface area contributed by atoms with Crippen molar-refractivity contribution in [3.05, 3.63) is 24.3 Å². The number of nitrogens with one attached hydrogen (secondary N) is 2. The first-order valence-corrected chi connectivity index (χ1v) is 10.3. The molecule has 0 spiro atoms. The first kappa shape index (κ1) is 19.6. The van der Waals surface area contributed by atoms with Gasteiger partial charge in [0, 0.05) is 31.6 Å². The summed E-state index contributed by atoms with van der Waals surface area (Å²) in [5.41, 5.74) is 0.583. The number of carbonyl (C=O) groups excluding carboxylic acids is 2. The molecule has 0 bridgehead atoms. The predicted octanol–water partition coefficient (Wildman–Crippen LogP) is 3.11. The third-order valence-electron chi connectivity index (χ3n) is 4.72. The lowest BCUT2D eigenvalue weighted by atomic mass is 9.91. The highest BCUT2D eigenvalue weighted by molar-refractivity contribution is 7.22. The van der Waals surface area contributed by atoms with Crippen LogP contribution in [0, 0.1) is 11.3 Å². The first-order valence-electron chi connectivity index (χ1n) is 9.51. The molecule has 1 fully saturated rings. The molecular weight excluding hydrogens is 360 g/mol. The van der Waals surface area contributed by atoms with Crippen molar-refractivity contribution in [1.29, 1.82) is 0 Å². The number of fused-ring (bicyclic) bond motifs is 1. The van der Waals surface area contributed by atoms with Crippen LogP contribution in [0.5, 0.6) is 0 Å². The van der Waals surface area contributed by atoms with Gasteiger partial charge in [0.25, 0.3) is 0 Å². The number of thiazole rings is 1. The van der Waals surface area contributed by atoms with Crippen molar-refractivity contribution < 1.29 is 9.59 Å². The lowest BCUT2D eigenvalue weighted by molar-refractivity contribution is -0.142. The minimum Gasteiger partial charge on any atom is -0.360 e. The minimum atomic E-state index is -0.403. The summed E-state index contributed by atoms with van der Waals surface area (Å²) in [6.07, 6.45) is 1.72. The van der Waals surface area contributed by atoms with Crippen LogP contribution in [-0.2, 0) is 9.59 Å². The molecular formula is C20H28N4O2S. The van der Waals surface area contributed by atoms with E-state index in [2.05, 4.69) is 15.6 Å². The number of amides is 2. The van der Waals surface area contributed by atoms with Crippen LogP contribution in [0.3, 0.4) is 0 Å². The van der Waals surface area contributed by atoms with E-state index < -0.39 is 5.41 Å². The molecule has 1 aromatic heterocycles. The van der Waals surface area contributed by atoms with E-state index in [1.165, 1.54) is 0 Å². The van der Waals surface area contributed by atoms with Gasteiger partial charge in [0.15, 0.2) is 5.13 Å². The Morgan fingerprint density at radius 1 is 1.26 bits per heavy atom. The Hall–Kier alpha value is -2.15. The molecule has 2 amide bonds. The minimum absolute atomic E-state index is 0.0347. The molecule has 0 aliphatic carbocycles. The zero-order valence-electron chi connectivity index (χ0n) is 16.2. The van der Waals surface area contributed by atoms with E-state index in [4.69, 9.17) is 0 Å². The number of anilines is 1. The zero-order chi connectivity index (χ0) is 19.4. The van der Waals surface area contributed by atoms with E-state index in [1.807, 2.05) is 49.9 Å². The van der Waals surface area contributed by atoms with Crippen molar-refractivity contribution >= 4 is 38.5 Å². The highest BCUT2D eigenvalue weighted by Gasteiger charge is 2.33. The van der Waals surface area contributed by atoms with Gasteiger partial charge in [0.2, 0.25) is 11.8 Å². The zero-order valence-corrected chi connectivity index (χ0v) is 17.1. The van der Waals surface area contributed by atoms with Crippen molar-refractivity contribution in [1.82, 2.24) is 15.2 Å². The molecule has 146 valence electrons. The van der Waals surface area contributed by atoms with E-state index >= 15 is 0 Å². The fourth-order valence-corrected chi connectivity index (χ4v) is 4.19. The number of likely N-dealkylation sites (tertiary alicyclic amines) is 1. The number of hydrogen-bond donors (Lipinski definition) is 2. The van der Waals surface area contributed by atoms with Gasteiger partial charge < -0.3 is 15.5 Å². The smallest absolute Gasteiger partial charge is 0.227 e. The molecule has 27 heavy (non-hydrogen) atoms. The second-order valence-electron chi connectivity index (χ2n) is 8.04. The van der Waals surface area contributed by atoms with Crippen molar-refractivity contribution in [2.24, 2.45) is 11.3 Å². The van der Waals surface area contributed by atoms with Crippen molar-refractivity contribution in [3.8, 4) is 0 Å². The summed E-state index contributed by atoms with van der Waals surface area (Å²) in [6.45, 7) is 8.21. The van der Waals surface area contributed by atoms with E-state index in [1.54, 1.807) is 11.3 Å². The molecule has 7 heteroatoms. The second-order valence-corrected chi connectivity index (χ2v) is 9.08. The predicted molar refractivity (Wildman–Crippen MR) is 110 cm³/mol. The van der Waals surface area contributed by atoms with Gasteiger partial charge >= 0.3 is 0 Å². The van der Waals surface area contributed by atoms with Crippen LogP contribution in [0.25, 0.3) is 10.2 Å². The van der Waals surface area contributed by atoms with E-state index in [-0.39, 0.29) is 17.7 Å². The van der Waals surface area contributed by atoms with Gasteiger partial charge in [-0.05, 0) is 25.0 Å². The van der Waals surface area contributed by atoms with Gasteiger partial charge in [-0.25, -0.2) is 4.98 Å². The van der Waals surface area contributed by atoms with E-state index in [0.717, 1.165) is 34.7 Å². The molecule has 1 atom stereocenters. The maximum atomic E-state index is 12.5. The lowest BCUT2D eigenvalue weighted by Crippen LogP contribution is -2.49. The number of carbonyl (C=O) groups is 2. The summed E-state index contributed by atoms with van der Waals surface area (Å²) < 4.78 is 1.15. The molecule has 2 heterocycles. The van der Waals surface area contributed by atoms with Gasteiger partial charge in [-0.2, -0.15) is 0 Å². The van der Waals surface area contributed by atoms with Crippen LogP contribution in [0.2, 0.25) is 0 Å². The van der Waals surface area contributed by atoms with Gasteiger partial charge in [0.1, 0.15) is 0 Å². The number of aromatic nitrogens is 1. The number of rotatable bonds is 5. The summed E-state index contributed by atoms with van der Waals surface area (Å²) in [4.78, 5) is 31.3. The van der Waals surface area contributed by atoms with Gasteiger partial charge in [-0.3, -0.25) is 9.59 Å². The molecule has 1 aliphatic heterocycles. The Kier molecular flexibility index (Phi) is 5.99. The number of hydrogen-bond acceptors (Lipinski definition) is 5. The number of piperidine rings is 1. The molecule has 1 aromatic carbocycles. The SMILES string of the molecule is CC(C)(C)C(=O)N1CCCC(C(=O)NCCNc2nc3ccccc3s2)C1. The Morgan fingerprint density at radius 2 is 2.04 bits per heavy atom. The molecule has 1 unspecified atom stereocenters. The van der Waals surface area contributed by atoms with Crippen LogP contribution < -0.4 is 10.6 Å². The van der Waals surface area contributed by atoms with E-state index in [0.29, 0.717) is 19.6 Å². The van der Waals surface area contributed by atoms with Crippen molar-refractivity contribution in [2.45, 2.75) is 33.6 Å². The molecule has 2 N–H and O–H groups in total. The Labute approximate surface area is 164 Å². The summed E-state index contributed by atoms with van der Waals surface area (Å²) >= 11 is 1.61. The highest BCUT2D eigenvalue weighted by atomic mass is 32.1. The normalized spacial score (nSPS) is 17.7. The molecule has 6 nitrogen and oxygen atoms in total. The van der Waals surface area contributed by atoms with Crippen LogP contribution in [-0.4, -0.2) is 47.9 Å². The summed E-state index contributed by atoms with van der Waals surface area (Å²) in [7, 11) is 0. The molecule has 2 aromatic rings. The van der Waals surface area contributed by atoms with Crippen LogP contribution in [0.4, 0.5) is 5.13 Å². The third kappa shape index (κ3) is 4.97. The summed E-state index contributed by atoms with van der Waals surface area (Å²) in [6, 6.07) is 8.02. The molecule has 1 aliphatic rings. The summed E-state index contributed by atoms with van der Waals surface area (Å²) in [5.74, 6) is 0.0394. The van der Waals surface area contributed by atoms with Gasteiger partial charge in [0.05, 0.1) is 16.1 Å². The Balaban J connectivity index is 1.44. The maximum Gasteiger partial charge on any atom is 0.227 e. The van der Waals surface area contributed by atoms with Crippen LogP contribution in [0.1, 0.15) is 33.6 Å². The fourth-order valence-electron chi connectivity index (χ4n) is 3.30. The fraction of sp³-hybridized carbons (Fsp3) is 0.550. The monoisotopic (exact) mass is 388 g/mol. The van der Waals surface area contributed by atoms with E-state index in [9.17, 15) is 9.59 Å². The van der Waals surface area contributed by atoms with Crippen molar-refractivity contribution in [3.63, 3.8) is 0 Å². The number of para-hydroxylation sites is 1. The maximum absolute atomic E-state index is 12.5. The highest BCUT2D eigenvalue weighted by Crippen LogP contribution is 2.25. The lowest BCUT2D eigenvalue weighted by Gasteiger charge is -2.35. The number of benzene rings is 1. The van der Waals surface area contributed by atoms with Crippen LogP contribution >= 0.6 is 11.3 Å². The summed E-state index contributed by atoms with van der Waals surface area (Å²) in [5, 5.41) is 7.13. The largest absolute Gasteiger partial charge is 0.360 e. The molecule has 3 rings (SSSR count). The molecule has 1 saturated heterocycles. The van der Waals surface area contributed by atoms with Crippen LogP contribution in [0.15, 0.2) is 24.3 Å². The topological polar surface area (TPSA) is 74.3 Å². The Bertz CT molecular complexity index is 779. The average Bonchev–Trinajstić information content (AvgIpc) is 3.06. The van der Waals surface area contributed by atoms with Crippen molar-refractivity contribution in [2.75, 3.05) is 31.5 Å². The second kappa shape index (κ2) is 8.25.